The molecule has 2 heterocycles. The Kier molecular flexibility index (Phi) is 8.66. The van der Waals surface area contributed by atoms with E-state index >= 15 is 0 Å². The van der Waals surface area contributed by atoms with Crippen molar-refractivity contribution in [3.8, 4) is 28.5 Å². The van der Waals surface area contributed by atoms with E-state index in [9.17, 15) is 22.4 Å². The molecule has 5 aromatic rings. The van der Waals surface area contributed by atoms with Gasteiger partial charge in [0.2, 0.25) is 0 Å². The van der Waals surface area contributed by atoms with Gasteiger partial charge in [0.25, 0.3) is 0 Å². The molecule has 13 heteroatoms. The lowest BCUT2D eigenvalue weighted by molar-refractivity contribution is -0.274. The van der Waals surface area contributed by atoms with Crippen molar-refractivity contribution in [2.45, 2.75) is 52.4 Å². The quantitative estimate of drug-likeness (QED) is 0.184. The first-order chi connectivity index (χ1) is 21.2. The van der Waals surface area contributed by atoms with Crippen LogP contribution in [0, 0.1) is 12.7 Å². The number of aryl methyl sites for hydroxylation is 1. The zero-order valence-corrected chi connectivity index (χ0v) is 25.9. The second kappa shape index (κ2) is 12.3. The number of hydrogen-bond acceptors (Lipinski definition) is 5. The summed E-state index contributed by atoms with van der Waals surface area (Å²) in [6.07, 6.45) is -3.31. The van der Waals surface area contributed by atoms with E-state index in [1.165, 1.54) is 58.7 Å². The number of hydrogen-bond donors (Lipinski definition) is 1. The van der Waals surface area contributed by atoms with Gasteiger partial charge in [0.15, 0.2) is 10.6 Å². The number of urea groups is 1. The fourth-order valence-electron chi connectivity index (χ4n) is 4.77. The van der Waals surface area contributed by atoms with E-state index in [1.54, 1.807) is 6.07 Å². The molecule has 0 bridgehead atoms. The number of carbonyl (C=O) groups excluding carboxylic acids is 1. The molecule has 0 fully saturated rings. The Morgan fingerprint density at radius 2 is 1.71 bits per heavy atom. The van der Waals surface area contributed by atoms with Gasteiger partial charge < -0.3 is 10.1 Å². The lowest BCUT2D eigenvalue weighted by Crippen LogP contribution is -2.40. The Morgan fingerprint density at radius 1 is 1.02 bits per heavy atom. The summed E-state index contributed by atoms with van der Waals surface area (Å²) in [5.74, 6) is -0.184. The van der Waals surface area contributed by atoms with Crippen molar-refractivity contribution in [2.24, 2.45) is 4.99 Å². The maximum absolute atomic E-state index is 14.0. The number of alkyl halides is 3. The van der Waals surface area contributed by atoms with Crippen LogP contribution in [0.1, 0.15) is 50.4 Å². The standard InChI is InChI=1S/C32H30F4N6O2S/c1-19(2)26-16-23(33)10-15-27(26)42-20(3)17-45-30(42)38-29(43)39-31(4,5)22-8-6-21(7-9-22)28-37-18-41(40-28)24-11-13-25(14-12-24)44-32(34,35)36/h6-19H,1-5H3,(H,39,43). The minimum absolute atomic E-state index is 0.0586. The first-order valence-corrected chi connectivity index (χ1v) is 14.8. The molecule has 5 rings (SSSR count). The zero-order chi connectivity index (χ0) is 32.5. The number of halogens is 4. The summed E-state index contributed by atoms with van der Waals surface area (Å²) in [4.78, 5) is 22.3. The molecule has 0 aliphatic rings. The van der Waals surface area contributed by atoms with Crippen LogP contribution in [0.15, 0.2) is 83.4 Å². The molecule has 0 radical (unpaired) electrons. The second-order valence-electron chi connectivity index (χ2n) is 11.2. The lowest BCUT2D eigenvalue weighted by Gasteiger charge is -2.25. The Labute approximate surface area is 260 Å². The van der Waals surface area contributed by atoms with Crippen LogP contribution in [0.4, 0.5) is 22.4 Å². The van der Waals surface area contributed by atoms with Crippen molar-refractivity contribution in [3.63, 3.8) is 0 Å². The summed E-state index contributed by atoms with van der Waals surface area (Å²) in [7, 11) is 0. The Morgan fingerprint density at radius 3 is 2.36 bits per heavy atom. The van der Waals surface area contributed by atoms with Gasteiger partial charge in [-0.1, -0.05) is 38.1 Å². The maximum atomic E-state index is 14.0. The molecule has 2 amide bonds. The van der Waals surface area contributed by atoms with Crippen molar-refractivity contribution in [1.29, 1.82) is 0 Å². The number of amides is 2. The molecule has 3 aromatic carbocycles. The molecule has 0 spiro atoms. The van der Waals surface area contributed by atoms with Crippen molar-refractivity contribution in [1.82, 2.24) is 24.6 Å². The van der Waals surface area contributed by atoms with Gasteiger partial charge in [-0.25, -0.2) is 18.9 Å². The highest BCUT2D eigenvalue weighted by Gasteiger charge is 2.31. The predicted octanol–water partition coefficient (Wildman–Crippen LogP) is 7.80. The van der Waals surface area contributed by atoms with Crippen LogP contribution in [0.25, 0.3) is 22.8 Å². The molecule has 0 atom stereocenters. The highest BCUT2D eigenvalue weighted by molar-refractivity contribution is 7.07. The molecule has 1 N–H and O–H groups in total. The molecular weight excluding hydrogens is 608 g/mol. The number of carbonyl (C=O) groups is 1. The molecule has 234 valence electrons. The van der Waals surface area contributed by atoms with E-state index in [2.05, 4.69) is 25.1 Å². The molecule has 2 aromatic heterocycles. The van der Waals surface area contributed by atoms with Gasteiger partial charge in [0.1, 0.15) is 17.9 Å². The first-order valence-electron chi connectivity index (χ1n) is 13.9. The van der Waals surface area contributed by atoms with Crippen LogP contribution in [0.3, 0.4) is 0 Å². The summed E-state index contributed by atoms with van der Waals surface area (Å²) in [5, 5.41) is 9.30. The van der Waals surface area contributed by atoms with Crippen LogP contribution >= 0.6 is 11.3 Å². The third-order valence-corrected chi connectivity index (χ3v) is 7.98. The van der Waals surface area contributed by atoms with Gasteiger partial charge >= 0.3 is 12.4 Å². The van der Waals surface area contributed by atoms with E-state index in [0.29, 0.717) is 21.9 Å². The highest BCUT2D eigenvalue weighted by atomic mass is 32.1. The summed E-state index contributed by atoms with van der Waals surface area (Å²) >= 11 is 1.32. The van der Waals surface area contributed by atoms with Gasteiger partial charge in [0.05, 0.1) is 16.9 Å². The van der Waals surface area contributed by atoms with E-state index in [0.717, 1.165) is 22.5 Å². The maximum Gasteiger partial charge on any atom is 0.573 e. The molecule has 0 aliphatic carbocycles. The van der Waals surface area contributed by atoms with Gasteiger partial charge in [-0.2, -0.15) is 4.99 Å². The number of rotatable bonds is 7. The van der Waals surface area contributed by atoms with E-state index in [4.69, 9.17) is 0 Å². The van der Waals surface area contributed by atoms with E-state index < -0.39 is 17.9 Å². The summed E-state index contributed by atoms with van der Waals surface area (Å²) in [6, 6.07) is 16.7. The SMILES string of the molecule is Cc1csc(=NC(=O)NC(C)(C)c2ccc(-c3ncn(-c4ccc(OC(F)(F)F)cc4)n3)cc2)n1-c1ccc(F)cc1C(C)C. The van der Waals surface area contributed by atoms with Crippen molar-refractivity contribution in [3.05, 3.63) is 106 Å². The topological polar surface area (TPSA) is 86.3 Å². The van der Waals surface area contributed by atoms with Crippen LogP contribution < -0.4 is 14.9 Å². The monoisotopic (exact) mass is 638 g/mol. The number of nitrogens with one attached hydrogen (secondary N) is 1. The summed E-state index contributed by atoms with van der Waals surface area (Å²) in [6.45, 7) is 9.60. The van der Waals surface area contributed by atoms with Gasteiger partial charge in [-0.3, -0.25) is 4.57 Å². The molecule has 0 saturated heterocycles. The lowest BCUT2D eigenvalue weighted by atomic mass is 9.93. The number of thiazole rings is 1. The van der Waals surface area contributed by atoms with Crippen LogP contribution in [0.2, 0.25) is 0 Å². The third-order valence-electron chi connectivity index (χ3n) is 7.04. The number of ether oxygens (including phenoxy) is 1. The van der Waals surface area contributed by atoms with Crippen LogP contribution in [-0.2, 0) is 5.54 Å². The molecule has 8 nitrogen and oxygen atoms in total. The molecule has 0 unspecified atom stereocenters. The number of nitrogens with zero attached hydrogens (tertiary/aromatic N) is 5. The number of benzene rings is 3. The van der Waals surface area contributed by atoms with Crippen molar-refractivity contribution >= 4 is 17.4 Å². The molecule has 0 saturated carbocycles. The van der Waals surface area contributed by atoms with Gasteiger partial charge in [0, 0.05) is 16.6 Å². The Hall–Kier alpha value is -4.78. The average Bonchev–Trinajstić information content (AvgIpc) is 3.59. The van der Waals surface area contributed by atoms with Gasteiger partial charge in [-0.05, 0) is 80.3 Å². The summed E-state index contributed by atoms with van der Waals surface area (Å²) in [5.41, 5.74) is 3.69. The van der Waals surface area contributed by atoms with Crippen molar-refractivity contribution in [2.75, 3.05) is 0 Å². The minimum Gasteiger partial charge on any atom is -0.406 e. The summed E-state index contributed by atoms with van der Waals surface area (Å²) < 4.78 is 58.6. The predicted molar refractivity (Wildman–Crippen MR) is 163 cm³/mol. The number of aromatic nitrogens is 4. The smallest absolute Gasteiger partial charge is 0.406 e. The normalized spacial score (nSPS) is 12.5. The largest absolute Gasteiger partial charge is 0.573 e. The third kappa shape index (κ3) is 7.31. The first kappa shape index (κ1) is 31.6. The average molecular weight is 639 g/mol. The van der Waals surface area contributed by atoms with E-state index in [1.807, 2.05) is 68.8 Å². The molecule has 45 heavy (non-hydrogen) atoms. The second-order valence-corrected chi connectivity index (χ2v) is 12.0. The Balaban J connectivity index is 1.32. The molecule has 0 aliphatic heterocycles. The van der Waals surface area contributed by atoms with Crippen LogP contribution in [0.5, 0.6) is 5.75 Å². The van der Waals surface area contributed by atoms with Crippen LogP contribution in [-0.4, -0.2) is 31.7 Å². The fourth-order valence-corrected chi connectivity index (χ4v) is 5.63. The minimum atomic E-state index is -4.77. The van der Waals surface area contributed by atoms with Gasteiger partial charge in [-0.15, -0.1) is 29.6 Å². The molecular formula is C32H30F4N6O2S. The fraction of sp³-hybridized carbons (Fsp3) is 0.250. The van der Waals surface area contributed by atoms with E-state index in [-0.39, 0.29) is 17.5 Å². The van der Waals surface area contributed by atoms with Crippen molar-refractivity contribution < 1.29 is 27.1 Å². The highest BCUT2D eigenvalue weighted by Crippen LogP contribution is 2.27. The Bertz CT molecular complexity index is 1890. The zero-order valence-electron chi connectivity index (χ0n) is 25.1.